The van der Waals surface area contributed by atoms with Gasteiger partial charge in [-0.05, 0) is 35.4 Å². The third kappa shape index (κ3) is 8.20. The van der Waals surface area contributed by atoms with Gasteiger partial charge in [0.25, 0.3) is 5.91 Å². The molecule has 43 heavy (non-hydrogen) atoms. The van der Waals surface area contributed by atoms with Crippen LogP contribution >= 0.6 is 0 Å². The number of hydrogen-bond donors (Lipinski definition) is 2. The van der Waals surface area contributed by atoms with Gasteiger partial charge in [-0.15, -0.1) is 0 Å². The van der Waals surface area contributed by atoms with E-state index in [1.54, 1.807) is 0 Å². The van der Waals surface area contributed by atoms with Crippen molar-refractivity contribution in [1.82, 2.24) is 19.8 Å². The molecule has 0 bridgehead atoms. The molecule has 4 aromatic rings. The molecule has 0 saturated carbocycles. The number of benzene rings is 3. The zero-order chi connectivity index (χ0) is 31.0. The van der Waals surface area contributed by atoms with Gasteiger partial charge in [0.2, 0.25) is 5.91 Å². The second-order valence-electron chi connectivity index (χ2n) is 12.5. The smallest absolute Gasteiger partial charge is 0.254 e. The van der Waals surface area contributed by atoms with Crippen molar-refractivity contribution in [3.05, 3.63) is 114 Å². The zero-order valence-corrected chi connectivity index (χ0v) is 26.0. The molecule has 2 atom stereocenters. The Morgan fingerprint density at radius 1 is 0.907 bits per heavy atom. The number of aromatic nitrogens is 2. The van der Waals surface area contributed by atoms with E-state index in [0.29, 0.717) is 31.6 Å². The molecule has 3 N–H and O–H groups in total. The summed E-state index contributed by atoms with van der Waals surface area (Å²) in [6, 6.07) is 28.9. The average Bonchev–Trinajstić information content (AvgIpc) is 3.41. The Morgan fingerprint density at radius 3 is 2.07 bits per heavy atom. The lowest BCUT2D eigenvalue weighted by molar-refractivity contribution is -0.123. The first-order chi connectivity index (χ1) is 20.6. The number of nitrogens with two attached hydrogens (primary N) is 1. The molecule has 1 unspecified atom stereocenters. The first kappa shape index (κ1) is 31.7. The maximum atomic E-state index is 14.3. The Morgan fingerprint density at radius 2 is 1.49 bits per heavy atom. The van der Waals surface area contributed by atoms with Crippen LogP contribution in [0.2, 0.25) is 0 Å². The topological polar surface area (TPSA) is 93.2 Å². The number of imidazole rings is 1. The van der Waals surface area contributed by atoms with Crippen LogP contribution in [-0.2, 0) is 11.3 Å². The molecule has 0 aliphatic heterocycles. The van der Waals surface area contributed by atoms with Gasteiger partial charge in [0.15, 0.2) is 0 Å². The van der Waals surface area contributed by atoms with Gasteiger partial charge >= 0.3 is 0 Å². The highest BCUT2D eigenvalue weighted by Crippen LogP contribution is 2.40. The van der Waals surface area contributed by atoms with Crippen LogP contribution in [-0.4, -0.2) is 45.4 Å². The van der Waals surface area contributed by atoms with E-state index in [4.69, 9.17) is 10.7 Å². The highest BCUT2D eigenvalue weighted by molar-refractivity contribution is 5.94. The molecule has 7 heteroatoms. The van der Waals surface area contributed by atoms with Crippen LogP contribution in [0.1, 0.15) is 68.8 Å². The van der Waals surface area contributed by atoms with Gasteiger partial charge in [0.05, 0.1) is 17.8 Å². The van der Waals surface area contributed by atoms with E-state index in [0.717, 1.165) is 22.6 Å². The molecule has 0 aliphatic rings. The van der Waals surface area contributed by atoms with E-state index < -0.39 is 6.04 Å². The van der Waals surface area contributed by atoms with Crippen molar-refractivity contribution in [2.24, 2.45) is 17.1 Å². The maximum Gasteiger partial charge on any atom is 0.254 e. The first-order valence-electron chi connectivity index (χ1n) is 15.1. The van der Waals surface area contributed by atoms with Gasteiger partial charge in [-0.3, -0.25) is 9.59 Å². The number of hydrogen-bond acceptors (Lipinski definition) is 4. The summed E-state index contributed by atoms with van der Waals surface area (Å²) in [5.74, 6) is 0.629. The monoisotopic (exact) mass is 579 g/mol. The molecule has 226 valence electrons. The first-order valence-corrected chi connectivity index (χ1v) is 15.1. The van der Waals surface area contributed by atoms with Gasteiger partial charge in [-0.1, -0.05) is 113 Å². The standard InChI is InChI=1S/C36H45N5O2/c1-26(2)31(37)34(42)38-22-15-23-41(35(43)29-20-13-8-14-21-29)32(36(3,4)5)33-39-30(28-18-11-7-12-19-28)25-40(33)24-27-16-9-6-10-17-27/h6-14,16-21,25-26,31-32H,15,22-24,37H2,1-5H3,(H,38,42)/t31?,32-/m0/s1. The minimum absolute atomic E-state index is 0.0451. The van der Waals surface area contributed by atoms with Crippen molar-refractivity contribution < 1.29 is 9.59 Å². The Balaban J connectivity index is 1.75. The highest BCUT2D eigenvalue weighted by Gasteiger charge is 2.38. The number of amides is 2. The minimum atomic E-state index is -0.564. The van der Waals surface area contributed by atoms with Gasteiger partial charge in [-0.2, -0.15) is 0 Å². The third-order valence-corrected chi connectivity index (χ3v) is 7.63. The molecule has 1 heterocycles. The second-order valence-corrected chi connectivity index (χ2v) is 12.5. The number of nitrogens with one attached hydrogen (secondary N) is 1. The summed E-state index contributed by atoms with van der Waals surface area (Å²) < 4.78 is 2.18. The van der Waals surface area contributed by atoms with Crippen LogP contribution in [0.3, 0.4) is 0 Å². The third-order valence-electron chi connectivity index (χ3n) is 7.63. The van der Waals surface area contributed by atoms with Crippen LogP contribution in [0, 0.1) is 11.3 Å². The summed E-state index contributed by atoms with van der Waals surface area (Å²) >= 11 is 0. The molecule has 7 nitrogen and oxygen atoms in total. The lowest BCUT2D eigenvalue weighted by Gasteiger charge is -2.40. The Kier molecular flexibility index (Phi) is 10.5. The molecular weight excluding hydrogens is 534 g/mol. The zero-order valence-electron chi connectivity index (χ0n) is 26.0. The molecule has 2 amide bonds. The normalized spacial score (nSPS) is 13.0. The quantitative estimate of drug-likeness (QED) is 0.192. The summed E-state index contributed by atoms with van der Waals surface area (Å²) in [7, 11) is 0. The summed E-state index contributed by atoms with van der Waals surface area (Å²) in [5.41, 5.74) is 9.34. The lowest BCUT2D eigenvalue weighted by Crippen LogP contribution is -2.46. The van der Waals surface area contributed by atoms with E-state index in [9.17, 15) is 9.59 Å². The van der Waals surface area contributed by atoms with Gasteiger partial charge < -0.3 is 20.5 Å². The molecule has 0 spiro atoms. The van der Waals surface area contributed by atoms with Crippen LogP contribution in [0.15, 0.2) is 97.2 Å². The van der Waals surface area contributed by atoms with E-state index in [-0.39, 0.29) is 29.2 Å². The van der Waals surface area contributed by atoms with Crippen LogP contribution < -0.4 is 11.1 Å². The van der Waals surface area contributed by atoms with Crippen molar-refractivity contribution >= 4 is 11.8 Å². The SMILES string of the molecule is CC(C)C(N)C(=O)NCCCN(C(=O)c1ccccc1)[C@@H](c1nc(-c2ccccc2)cn1Cc1ccccc1)C(C)(C)C. The van der Waals surface area contributed by atoms with Crippen molar-refractivity contribution in [3.8, 4) is 11.3 Å². The second kappa shape index (κ2) is 14.3. The fraction of sp³-hybridized carbons (Fsp3) is 0.361. The number of carbonyl (C=O) groups excluding carboxylic acids is 2. The molecule has 0 fully saturated rings. The van der Waals surface area contributed by atoms with Crippen molar-refractivity contribution in [2.75, 3.05) is 13.1 Å². The van der Waals surface area contributed by atoms with Crippen molar-refractivity contribution in [1.29, 1.82) is 0 Å². The van der Waals surface area contributed by atoms with Crippen LogP contribution in [0.25, 0.3) is 11.3 Å². The summed E-state index contributed by atoms with van der Waals surface area (Å²) in [4.78, 5) is 33.9. The molecule has 0 saturated heterocycles. The predicted molar refractivity (Wildman–Crippen MR) is 173 cm³/mol. The van der Waals surface area contributed by atoms with Gasteiger partial charge in [0.1, 0.15) is 5.82 Å². The fourth-order valence-electron chi connectivity index (χ4n) is 5.27. The van der Waals surface area contributed by atoms with E-state index in [2.05, 4.69) is 61.1 Å². The fourth-order valence-corrected chi connectivity index (χ4v) is 5.27. The Labute approximate surface area is 256 Å². The Hall–Kier alpha value is -4.23. The largest absolute Gasteiger partial charge is 0.355 e. The highest BCUT2D eigenvalue weighted by atomic mass is 16.2. The Bertz CT molecular complexity index is 1460. The molecule has 0 aliphatic carbocycles. The molecular formula is C36H45N5O2. The van der Waals surface area contributed by atoms with Crippen LogP contribution in [0.4, 0.5) is 0 Å². The minimum Gasteiger partial charge on any atom is -0.355 e. The molecule has 3 aromatic carbocycles. The van der Waals surface area contributed by atoms with E-state index in [1.165, 1.54) is 0 Å². The molecule has 4 rings (SSSR count). The van der Waals surface area contributed by atoms with Crippen molar-refractivity contribution in [3.63, 3.8) is 0 Å². The van der Waals surface area contributed by atoms with E-state index >= 15 is 0 Å². The van der Waals surface area contributed by atoms with E-state index in [1.807, 2.05) is 85.5 Å². The molecule has 1 aromatic heterocycles. The van der Waals surface area contributed by atoms with Crippen molar-refractivity contribution in [2.45, 2.75) is 59.7 Å². The van der Waals surface area contributed by atoms with Gasteiger partial charge in [0, 0.05) is 37.0 Å². The lowest BCUT2D eigenvalue weighted by atomic mass is 9.84. The number of carbonyl (C=O) groups is 2. The number of nitrogens with zero attached hydrogens (tertiary/aromatic N) is 3. The molecule has 0 radical (unpaired) electrons. The summed E-state index contributed by atoms with van der Waals surface area (Å²) in [6.45, 7) is 11.8. The predicted octanol–water partition coefficient (Wildman–Crippen LogP) is 6.32. The maximum absolute atomic E-state index is 14.3. The summed E-state index contributed by atoms with van der Waals surface area (Å²) in [5, 5.41) is 2.96. The summed E-state index contributed by atoms with van der Waals surface area (Å²) in [6.07, 6.45) is 2.67. The number of rotatable bonds is 12. The average molecular weight is 580 g/mol. The van der Waals surface area contributed by atoms with Crippen LogP contribution in [0.5, 0.6) is 0 Å². The van der Waals surface area contributed by atoms with Gasteiger partial charge in [-0.25, -0.2) is 4.98 Å².